The van der Waals surface area contributed by atoms with Gasteiger partial charge in [0.2, 0.25) is 0 Å². The average Bonchev–Trinajstić information content (AvgIpc) is 2.50. The van der Waals surface area contributed by atoms with Crippen LogP contribution in [0.15, 0.2) is 42.5 Å². The van der Waals surface area contributed by atoms with Crippen LogP contribution in [0.3, 0.4) is 0 Å². The predicted molar refractivity (Wildman–Crippen MR) is 83.3 cm³/mol. The molecule has 0 aliphatic heterocycles. The summed E-state index contributed by atoms with van der Waals surface area (Å²) >= 11 is 0. The molecule has 0 bridgehead atoms. The lowest BCUT2D eigenvalue weighted by atomic mass is 10.1. The molecule has 4 nitrogen and oxygen atoms in total. The molecule has 2 aromatic carbocycles. The second kappa shape index (κ2) is 6.79. The van der Waals surface area contributed by atoms with Gasteiger partial charge in [0.15, 0.2) is 0 Å². The van der Waals surface area contributed by atoms with E-state index in [1.54, 1.807) is 19.2 Å². The fraction of sp³-hybridized carbons (Fsp3) is 0.235. The summed E-state index contributed by atoms with van der Waals surface area (Å²) in [4.78, 5) is 12.3. The number of benzene rings is 2. The highest BCUT2D eigenvalue weighted by atomic mass is 16.5. The van der Waals surface area contributed by atoms with Crippen LogP contribution >= 0.6 is 0 Å². The number of amides is 1. The second-order valence-corrected chi connectivity index (χ2v) is 4.57. The number of rotatable bonds is 5. The molecule has 0 unspecified atom stereocenters. The Morgan fingerprint density at radius 2 is 1.90 bits per heavy atom. The zero-order valence-corrected chi connectivity index (χ0v) is 12.5. The molecule has 0 aliphatic rings. The van der Waals surface area contributed by atoms with Crippen molar-refractivity contribution in [2.24, 2.45) is 0 Å². The molecule has 1 N–H and O–H groups in total. The zero-order chi connectivity index (χ0) is 15.2. The third-order valence-electron chi connectivity index (χ3n) is 3.11. The first-order valence-electron chi connectivity index (χ1n) is 6.83. The lowest BCUT2D eigenvalue weighted by Crippen LogP contribution is -2.13. The minimum Gasteiger partial charge on any atom is -0.496 e. The van der Waals surface area contributed by atoms with E-state index in [1.165, 1.54) is 0 Å². The molecular weight excluding hydrogens is 266 g/mol. The highest BCUT2D eigenvalue weighted by Crippen LogP contribution is 2.25. The summed E-state index contributed by atoms with van der Waals surface area (Å²) in [6.45, 7) is 4.39. The van der Waals surface area contributed by atoms with Crippen LogP contribution in [0.5, 0.6) is 11.5 Å². The Bertz CT molecular complexity index is 638. The third kappa shape index (κ3) is 3.54. The first-order valence-corrected chi connectivity index (χ1v) is 6.83. The predicted octanol–water partition coefficient (Wildman–Crippen LogP) is 3.65. The molecule has 0 fully saturated rings. The standard InChI is InChI=1S/C17H19NO3/c1-4-21-15-8-6-5-7-14(15)18-17(19)13-10-9-12(2)16(11-13)20-3/h5-11H,4H2,1-3H3,(H,18,19). The molecule has 21 heavy (non-hydrogen) atoms. The first-order chi connectivity index (χ1) is 10.2. The number of ether oxygens (including phenoxy) is 2. The van der Waals surface area contributed by atoms with Crippen molar-refractivity contribution in [1.82, 2.24) is 0 Å². The summed E-state index contributed by atoms with van der Waals surface area (Å²) in [5.74, 6) is 1.16. The van der Waals surface area contributed by atoms with Crippen molar-refractivity contribution < 1.29 is 14.3 Å². The molecule has 4 heteroatoms. The molecular formula is C17H19NO3. The maximum absolute atomic E-state index is 12.3. The van der Waals surface area contributed by atoms with E-state index in [1.807, 2.05) is 44.2 Å². The first kappa shape index (κ1) is 14.9. The Balaban J connectivity index is 2.22. The van der Waals surface area contributed by atoms with Crippen molar-refractivity contribution in [3.8, 4) is 11.5 Å². The molecule has 0 aromatic heterocycles. The van der Waals surface area contributed by atoms with E-state index in [0.717, 1.165) is 5.56 Å². The van der Waals surface area contributed by atoms with E-state index in [0.29, 0.717) is 29.4 Å². The molecule has 0 spiro atoms. The van der Waals surface area contributed by atoms with Crippen LogP contribution in [0, 0.1) is 6.92 Å². The van der Waals surface area contributed by atoms with Crippen LogP contribution in [0.2, 0.25) is 0 Å². The van der Waals surface area contributed by atoms with Gasteiger partial charge < -0.3 is 14.8 Å². The van der Waals surface area contributed by atoms with Crippen LogP contribution in [-0.4, -0.2) is 19.6 Å². The van der Waals surface area contributed by atoms with E-state index in [2.05, 4.69) is 5.32 Å². The van der Waals surface area contributed by atoms with Crippen molar-refractivity contribution >= 4 is 11.6 Å². The van der Waals surface area contributed by atoms with Gasteiger partial charge in [-0.2, -0.15) is 0 Å². The van der Waals surface area contributed by atoms with Gasteiger partial charge in [-0.25, -0.2) is 0 Å². The molecule has 0 radical (unpaired) electrons. The Morgan fingerprint density at radius 3 is 2.62 bits per heavy atom. The molecule has 2 aromatic rings. The number of hydrogen-bond acceptors (Lipinski definition) is 3. The van der Waals surface area contributed by atoms with Gasteiger partial charge in [0.05, 0.1) is 19.4 Å². The van der Waals surface area contributed by atoms with Gasteiger partial charge in [-0.1, -0.05) is 18.2 Å². The highest BCUT2D eigenvalue weighted by Gasteiger charge is 2.11. The second-order valence-electron chi connectivity index (χ2n) is 4.57. The Labute approximate surface area is 124 Å². The van der Waals surface area contributed by atoms with Gasteiger partial charge in [-0.15, -0.1) is 0 Å². The number of nitrogens with one attached hydrogen (secondary N) is 1. The third-order valence-corrected chi connectivity index (χ3v) is 3.11. The number of carbonyl (C=O) groups is 1. The topological polar surface area (TPSA) is 47.6 Å². The Hall–Kier alpha value is -2.49. The number of carbonyl (C=O) groups excluding carboxylic acids is 1. The maximum Gasteiger partial charge on any atom is 0.255 e. The van der Waals surface area contributed by atoms with E-state index in [-0.39, 0.29) is 5.91 Å². The molecule has 0 aliphatic carbocycles. The van der Waals surface area contributed by atoms with E-state index >= 15 is 0 Å². The van der Waals surface area contributed by atoms with Crippen LogP contribution in [-0.2, 0) is 0 Å². The molecule has 110 valence electrons. The SMILES string of the molecule is CCOc1ccccc1NC(=O)c1ccc(C)c(OC)c1. The van der Waals surface area contributed by atoms with E-state index < -0.39 is 0 Å². The molecule has 2 rings (SSSR count). The fourth-order valence-electron chi connectivity index (χ4n) is 2.01. The van der Waals surface area contributed by atoms with Gasteiger partial charge in [-0.05, 0) is 43.7 Å². The van der Waals surface area contributed by atoms with Crippen LogP contribution in [0.25, 0.3) is 0 Å². The number of anilines is 1. The Kier molecular flexibility index (Phi) is 4.82. The average molecular weight is 285 g/mol. The summed E-state index contributed by atoms with van der Waals surface area (Å²) < 4.78 is 10.7. The largest absolute Gasteiger partial charge is 0.496 e. The smallest absolute Gasteiger partial charge is 0.255 e. The normalized spacial score (nSPS) is 10.0. The Morgan fingerprint density at radius 1 is 1.14 bits per heavy atom. The minimum absolute atomic E-state index is 0.194. The van der Waals surface area contributed by atoms with Gasteiger partial charge in [-0.3, -0.25) is 4.79 Å². The molecule has 0 heterocycles. The van der Waals surface area contributed by atoms with E-state index in [9.17, 15) is 4.79 Å². The van der Waals surface area contributed by atoms with Gasteiger partial charge in [0, 0.05) is 5.56 Å². The summed E-state index contributed by atoms with van der Waals surface area (Å²) in [5.41, 5.74) is 2.19. The van der Waals surface area contributed by atoms with Crippen molar-refractivity contribution in [1.29, 1.82) is 0 Å². The van der Waals surface area contributed by atoms with Crippen molar-refractivity contribution in [2.75, 3.05) is 19.0 Å². The number of aryl methyl sites for hydroxylation is 1. The monoisotopic (exact) mass is 285 g/mol. The van der Waals surface area contributed by atoms with Gasteiger partial charge in [0.25, 0.3) is 5.91 Å². The van der Waals surface area contributed by atoms with Gasteiger partial charge >= 0.3 is 0 Å². The zero-order valence-electron chi connectivity index (χ0n) is 12.5. The fourth-order valence-corrected chi connectivity index (χ4v) is 2.01. The summed E-state index contributed by atoms with van der Waals surface area (Å²) in [6, 6.07) is 12.7. The van der Waals surface area contributed by atoms with Crippen LogP contribution in [0.1, 0.15) is 22.8 Å². The van der Waals surface area contributed by atoms with E-state index in [4.69, 9.17) is 9.47 Å². The molecule has 0 saturated heterocycles. The summed E-state index contributed by atoms with van der Waals surface area (Å²) in [6.07, 6.45) is 0. The highest BCUT2D eigenvalue weighted by molar-refractivity contribution is 6.05. The van der Waals surface area contributed by atoms with Crippen LogP contribution < -0.4 is 14.8 Å². The molecule has 0 atom stereocenters. The number of para-hydroxylation sites is 2. The summed E-state index contributed by atoms with van der Waals surface area (Å²) in [7, 11) is 1.59. The molecule has 0 saturated carbocycles. The summed E-state index contributed by atoms with van der Waals surface area (Å²) in [5, 5.41) is 2.86. The minimum atomic E-state index is -0.194. The quantitative estimate of drug-likeness (QED) is 0.912. The lowest BCUT2D eigenvalue weighted by molar-refractivity contribution is 0.102. The van der Waals surface area contributed by atoms with Gasteiger partial charge in [0.1, 0.15) is 11.5 Å². The van der Waals surface area contributed by atoms with Crippen molar-refractivity contribution in [3.05, 3.63) is 53.6 Å². The van der Waals surface area contributed by atoms with Crippen molar-refractivity contribution in [3.63, 3.8) is 0 Å². The van der Waals surface area contributed by atoms with Crippen molar-refractivity contribution in [2.45, 2.75) is 13.8 Å². The molecule has 1 amide bonds. The number of hydrogen-bond donors (Lipinski definition) is 1. The van der Waals surface area contributed by atoms with Crippen LogP contribution in [0.4, 0.5) is 5.69 Å². The maximum atomic E-state index is 12.3. The number of methoxy groups -OCH3 is 1. The lowest BCUT2D eigenvalue weighted by Gasteiger charge is -2.12.